The molecule has 0 bridgehead atoms. The van der Waals surface area contributed by atoms with Crippen molar-refractivity contribution in [3.05, 3.63) is 84.3 Å². The van der Waals surface area contributed by atoms with Gasteiger partial charge in [-0.2, -0.15) is 0 Å². The van der Waals surface area contributed by atoms with Gasteiger partial charge in [-0.15, -0.1) is 0 Å². The topological polar surface area (TPSA) is 46.8 Å². The fourth-order valence-electron chi connectivity index (χ4n) is 4.43. The molecule has 5 nitrogen and oxygen atoms in total. The molecular formula is C24H25N5. The summed E-state index contributed by atoms with van der Waals surface area (Å²) in [7, 11) is 0. The minimum absolute atomic E-state index is 0.425. The zero-order chi connectivity index (χ0) is 19.6. The van der Waals surface area contributed by atoms with Gasteiger partial charge in [0.05, 0.1) is 5.52 Å². The lowest BCUT2D eigenvalue weighted by molar-refractivity contribution is 0.477. The molecular weight excluding hydrogens is 358 g/mol. The lowest BCUT2D eigenvalue weighted by atomic mass is 9.96. The number of benzene rings is 1. The van der Waals surface area contributed by atoms with Gasteiger partial charge in [0.2, 0.25) is 0 Å². The number of pyridine rings is 2. The monoisotopic (exact) mass is 383 g/mol. The summed E-state index contributed by atoms with van der Waals surface area (Å²) in [5, 5.41) is 1.24. The first-order valence-electron chi connectivity index (χ1n) is 10.3. The first-order valence-corrected chi connectivity index (χ1v) is 10.3. The van der Waals surface area contributed by atoms with E-state index >= 15 is 0 Å². The van der Waals surface area contributed by atoms with E-state index in [1.165, 1.54) is 40.9 Å². The van der Waals surface area contributed by atoms with Crippen molar-refractivity contribution in [2.75, 3.05) is 18.0 Å². The molecule has 3 aromatic heterocycles. The number of hydrogen-bond donors (Lipinski definition) is 0. The molecule has 146 valence electrons. The maximum Gasteiger partial charge on any atom is 0.113 e. The van der Waals surface area contributed by atoms with E-state index in [0.29, 0.717) is 5.92 Å². The first kappa shape index (κ1) is 17.9. The Morgan fingerprint density at radius 2 is 1.90 bits per heavy atom. The third kappa shape index (κ3) is 3.60. The second-order valence-electron chi connectivity index (χ2n) is 7.90. The third-order valence-electron chi connectivity index (χ3n) is 5.85. The highest BCUT2D eigenvalue weighted by atomic mass is 15.2. The van der Waals surface area contributed by atoms with Gasteiger partial charge in [0, 0.05) is 67.6 Å². The van der Waals surface area contributed by atoms with Gasteiger partial charge in [0.15, 0.2) is 0 Å². The molecule has 0 radical (unpaired) electrons. The Bertz CT molecular complexity index is 1120. The van der Waals surface area contributed by atoms with E-state index in [0.717, 1.165) is 25.2 Å². The maximum atomic E-state index is 4.75. The molecule has 5 rings (SSSR count). The summed E-state index contributed by atoms with van der Waals surface area (Å²) in [6, 6.07) is 12.8. The van der Waals surface area contributed by atoms with Gasteiger partial charge in [0.1, 0.15) is 5.82 Å². The van der Waals surface area contributed by atoms with Crippen LogP contribution >= 0.6 is 0 Å². The average Bonchev–Trinajstić information content (AvgIpc) is 3.22. The molecule has 5 heteroatoms. The van der Waals surface area contributed by atoms with E-state index in [1.807, 2.05) is 24.8 Å². The van der Waals surface area contributed by atoms with Crippen molar-refractivity contribution in [1.29, 1.82) is 0 Å². The van der Waals surface area contributed by atoms with Crippen LogP contribution in [-0.4, -0.2) is 32.6 Å². The largest absolute Gasteiger partial charge is 0.370 e. The number of rotatable bonds is 4. The second-order valence-corrected chi connectivity index (χ2v) is 7.90. The van der Waals surface area contributed by atoms with Gasteiger partial charge >= 0.3 is 0 Å². The normalized spacial score (nSPS) is 17.0. The molecule has 0 aliphatic carbocycles. The summed E-state index contributed by atoms with van der Waals surface area (Å²) in [4.78, 5) is 16.0. The summed E-state index contributed by atoms with van der Waals surface area (Å²) in [6.07, 6.45) is 12.0. The Hall–Kier alpha value is -3.21. The van der Waals surface area contributed by atoms with Crippen molar-refractivity contribution in [3.8, 4) is 0 Å². The minimum atomic E-state index is 0.425. The molecule has 1 aliphatic rings. The molecule has 0 unspecified atom stereocenters. The molecule has 0 spiro atoms. The Morgan fingerprint density at radius 3 is 2.79 bits per heavy atom. The summed E-state index contributed by atoms with van der Waals surface area (Å²) in [5.41, 5.74) is 4.88. The average molecular weight is 383 g/mol. The van der Waals surface area contributed by atoms with E-state index in [9.17, 15) is 0 Å². The highest BCUT2D eigenvalue weighted by Gasteiger charge is 2.26. The van der Waals surface area contributed by atoms with E-state index in [2.05, 4.69) is 69.0 Å². The van der Waals surface area contributed by atoms with Gasteiger partial charge in [-0.1, -0.05) is 11.6 Å². The molecule has 1 fully saturated rings. The van der Waals surface area contributed by atoms with Gasteiger partial charge < -0.3 is 9.47 Å². The lowest BCUT2D eigenvalue weighted by Crippen LogP contribution is -2.35. The van der Waals surface area contributed by atoms with Crippen molar-refractivity contribution in [3.63, 3.8) is 0 Å². The van der Waals surface area contributed by atoms with E-state index in [4.69, 9.17) is 4.98 Å². The molecule has 29 heavy (non-hydrogen) atoms. The molecule has 1 atom stereocenters. The molecule has 4 aromatic rings. The zero-order valence-electron chi connectivity index (χ0n) is 16.7. The molecule has 0 amide bonds. The van der Waals surface area contributed by atoms with Crippen LogP contribution in [0.2, 0.25) is 0 Å². The molecule has 1 aliphatic heterocycles. The number of nitrogens with zero attached hydrogens (tertiary/aromatic N) is 5. The molecule has 0 N–H and O–H groups in total. The van der Waals surface area contributed by atoms with Gasteiger partial charge in [-0.3, -0.25) is 9.97 Å². The lowest BCUT2D eigenvalue weighted by Gasteiger charge is -2.35. The van der Waals surface area contributed by atoms with Crippen molar-refractivity contribution < 1.29 is 0 Å². The number of hydrogen-bond acceptors (Lipinski definition) is 4. The van der Waals surface area contributed by atoms with Crippen LogP contribution in [0.25, 0.3) is 10.9 Å². The fraction of sp³-hybridized carbons (Fsp3) is 0.292. The standard InChI is InChI=1S/C24H25N5/c1-18-4-5-22-21(15-18)23(8-11-26-22)28-13-2-3-20(17-28)24-27-12-14-29(24)16-19-6-9-25-10-7-19/h4-12,14-15,20H,2-3,13,16-17H2,1H3/t20-/m1/s1. The highest BCUT2D eigenvalue weighted by molar-refractivity contribution is 5.92. The summed E-state index contributed by atoms with van der Waals surface area (Å²) < 4.78 is 2.29. The highest BCUT2D eigenvalue weighted by Crippen LogP contribution is 2.33. The van der Waals surface area contributed by atoms with Crippen molar-refractivity contribution >= 4 is 16.6 Å². The Labute approximate surface area is 171 Å². The SMILES string of the molecule is Cc1ccc2nccc(N3CCC[C@@H](c4nccn4Cc4ccncc4)C3)c2c1. The zero-order valence-corrected chi connectivity index (χ0v) is 16.7. The van der Waals surface area contributed by atoms with Crippen LogP contribution in [0.4, 0.5) is 5.69 Å². The maximum absolute atomic E-state index is 4.75. The third-order valence-corrected chi connectivity index (χ3v) is 5.85. The summed E-state index contributed by atoms with van der Waals surface area (Å²) in [5.74, 6) is 1.61. The summed E-state index contributed by atoms with van der Waals surface area (Å²) >= 11 is 0. The Balaban J connectivity index is 1.43. The Morgan fingerprint density at radius 1 is 1.00 bits per heavy atom. The van der Waals surface area contributed by atoms with E-state index in [1.54, 1.807) is 0 Å². The smallest absolute Gasteiger partial charge is 0.113 e. The van der Waals surface area contributed by atoms with Crippen molar-refractivity contribution in [2.45, 2.75) is 32.2 Å². The number of aromatic nitrogens is 4. The fourth-order valence-corrected chi connectivity index (χ4v) is 4.43. The van der Waals surface area contributed by atoms with Gasteiger partial charge in [-0.25, -0.2) is 4.98 Å². The number of aryl methyl sites for hydroxylation is 1. The summed E-state index contributed by atoms with van der Waals surface area (Å²) in [6.45, 7) is 5.05. The minimum Gasteiger partial charge on any atom is -0.370 e. The van der Waals surface area contributed by atoms with Crippen LogP contribution in [0.1, 0.15) is 35.7 Å². The van der Waals surface area contributed by atoms with Crippen molar-refractivity contribution in [2.24, 2.45) is 0 Å². The van der Waals surface area contributed by atoms with Crippen LogP contribution in [0.15, 0.2) is 67.4 Å². The number of anilines is 1. The van der Waals surface area contributed by atoms with E-state index < -0.39 is 0 Å². The molecule has 4 heterocycles. The van der Waals surface area contributed by atoms with Crippen LogP contribution in [0, 0.1) is 6.92 Å². The number of fused-ring (bicyclic) bond motifs is 1. The number of piperidine rings is 1. The molecule has 1 saturated heterocycles. The second kappa shape index (κ2) is 7.66. The van der Waals surface area contributed by atoms with Gasteiger partial charge in [-0.05, 0) is 55.7 Å². The van der Waals surface area contributed by atoms with Crippen LogP contribution < -0.4 is 4.90 Å². The molecule has 0 saturated carbocycles. The van der Waals surface area contributed by atoms with Crippen LogP contribution in [0.3, 0.4) is 0 Å². The number of imidazole rings is 1. The van der Waals surface area contributed by atoms with Crippen molar-refractivity contribution in [1.82, 2.24) is 19.5 Å². The predicted molar refractivity (Wildman–Crippen MR) is 116 cm³/mol. The quantitative estimate of drug-likeness (QED) is 0.518. The van der Waals surface area contributed by atoms with E-state index in [-0.39, 0.29) is 0 Å². The van der Waals surface area contributed by atoms with Crippen LogP contribution in [-0.2, 0) is 6.54 Å². The first-order chi connectivity index (χ1) is 14.3. The van der Waals surface area contributed by atoms with Gasteiger partial charge in [0.25, 0.3) is 0 Å². The molecule has 1 aromatic carbocycles. The predicted octanol–water partition coefficient (Wildman–Crippen LogP) is 4.57. The Kier molecular flexibility index (Phi) is 4.72. The van der Waals surface area contributed by atoms with Crippen LogP contribution in [0.5, 0.6) is 0 Å².